The molecule has 112 valence electrons. The Morgan fingerprint density at radius 1 is 0.905 bits per heavy atom. The van der Waals surface area contributed by atoms with E-state index in [0.29, 0.717) is 5.75 Å². The fraction of sp³-hybridized carbons (Fsp3) is 0.368. The van der Waals surface area contributed by atoms with Crippen LogP contribution in [-0.4, -0.2) is 5.11 Å². The summed E-state index contributed by atoms with van der Waals surface area (Å²) in [6, 6.07) is 18.4. The van der Waals surface area contributed by atoms with Crippen molar-refractivity contribution >= 4 is 0 Å². The van der Waals surface area contributed by atoms with E-state index in [0.717, 1.165) is 5.56 Å². The third-order valence-electron chi connectivity index (χ3n) is 3.79. The van der Waals surface area contributed by atoms with E-state index in [4.69, 9.17) is 0 Å². The average molecular weight is 283 g/mol. The molecule has 0 bridgehead atoms. The predicted octanol–water partition coefficient (Wildman–Crippen LogP) is 4.83. The molecule has 2 aromatic rings. The minimum Gasteiger partial charge on any atom is -0.508 e. The van der Waals surface area contributed by atoms with Gasteiger partial charge in [0.25, 0.3) is 0 Å². The highest BCUT2D eigenvalue weighted by molar-refractivity contribution is 5.30. The van der Waals surface area contributed by atoms with Crippen LogP contribution in [0.1, 0.15) is 50.9 Å². The number of phenols is 1. The molecule has 0 radical (unpaired) electrons. The van der Waals surface area contributed by atoms with Crippen molar-refractivity contribution in [3.05, 3.63) is 65.7 Å². The molecule has 0 spiro atoms. The van der Waals surface area contributed by atoms with Gasteiger partial charge in [-0.25, -0.2) is 0 Å². The van der Waals surface area contributed by atoms with Crippen molar-refractivity contribution in [1.29, 1.82) is 0 Å². The maximum atomic E-state index is 9.65. The molecule has 21 heavy (non-hydrogen) atoms. The number of rotatable bonds is 4. The monoisotopic (exact) mass is 283 g/mol. The highest BCUT2D eigenvalue weighted by Gasteiger charge is 2.27. The van der Waals surface area contributed by atoms with Gasteiger partial charge in [0.15, 0.2) is 0 Å². The Labute approximate surface area is 127 Å². The smallest absolute Gasteiger partial charge is 0.115 e. The summed E-state index contributed by atoms with van der Waals surface area (Å²) in [7, 11) is 0. The first kappa shape index (κ1) is 15.6. The van der Waals surface area contributed by atoms with Gasteiger partial charge in [-0.05, 0) is 35.6 Å². The Morgan fingerprint density at radius 2 is 1.52 bits per heavy atom. The van der Waals surface area contributed by atoms with Gasteiger partial charge in [0.2, 0.25) is 0 Å². The molecular formula is C19H25NO. The van der Waals surface area contributed by atoms with Gasteiger partial charge < -0.3 is 10.4 Å². The molecule has 0 saturated heterocycles. The van der Waals surface area contributed by atoms with Crippen LogP contribution in [0, 0.1) is 5.41 Å². The summed E-state index contributed by atoms with van der Waals surface area (Å²) in [5, 5.41) is 13.4. The summed E-state index contributed by atoms with van der Waals surface area (Å²) >= 11 is 0. The Hall–Kier alpha value is -1.80. The Balaban J connectivity index is 2.24. The van der Waals surface area contributed by atoms with E-state index in [1.54, 1.807) is 6.07 Å². The number of nitrogens with one attached hydrogen (secondary N) is 1. The largest absolute Gasteiger partial charge is 0.508 e. The van der Waals surface area contributed by atoms with Crippen molar-refractivity contribution < 1.29 is 5.11 Å². The summed E-state index contributed by atoms with van der Waals surface area (Å²) in [4.78, 5) is 0. The molecule has 0 fully saturated rings. The molecule has 2 atom stereocenters. The SMILES string of the molecule is CC(NC(c1ccccc1)C(C)(C)C)c1cccc(O)c1. The number of phenolic OH excluding ortho intramolecular Hbond substituents is 1. The summed E-state index contributed by atoms with van der Waals surface area (Å²) in [6.45, 7) is 8.86. The van der Waals surface area contributed by atoms with Crippen LogP contribution < -0.4 is 5.32 Å². The minimum absolute atomic E-state index is 0.104. The fourth-order valence-electron chi connectivity index (χ4n) is 2.63. The van der Waals surface area contributed by atoms with Gasteiger partial charge >= 0.3 is 0 Å². The van der Waals surface area contributed by atoms with E-state index in [1.807, 2.05) is 24.3 Å². The van der Waals surface area contributed by atoms with Crippen LogP contribution in [0.5, 0.6) is 5.75 Å². The first-order valence-electron chi connectivity index (χ1n) is 7.48. The van der Waals surface area contributed by atoms with Crippen LogP contribution in [0.3, 0.4) is 0 Å². The summed E-state index contributed by atoms with van der Waals surface area (Å²) in [6.07, 6.45) is 0. The van der Waals surface area contributed by atoms with Gasteiger partial charge in [-0.1, -0.05) is 63.2 Å². The van der Waals surface area contributed by atoms with Gasteiger partial charge in [-0.2, -0.15) is 0 Å². The summed E-state index contributed by atoms with van der Waals surface area (Å²) in [5.41, 5.74) is 2.49. The van der Waals surface area contributed by atoms with Crippen LogP contribution in [0.25, 0.3) is 0 Å². The standard InChI is InChI=1S/C19H25NO/c1-14(16-11-8-12-17(21)13-16)20-18(19(2,3)4)15-9-6-5-7-10-15/h5-14,18,20-21H,1-4H3. The van der Waals surface area contributed by atoms with Gasteiger partial charge in [-0.3, -0.25) is 0 Å². The van der Waals surface area contributed by atoms with Crippen LogP contribution in [-0.2, 0) is 0 Å². The molecule has 0 aliphatic rings. The maximum absolute atomic E-state index is 9.65. The molecule has 0 aliphatic heterocycles. The molecule has 2 nitrogen and oxygen atoms in total. The van der Waals surface area contributed by atoms with Crippen molar-refractivity contribution in [3.8, 4) is 5.75 Å². The third-order valence-corrected chi connectivity index (χ3v) is 3.79. The second kappa shape index (κ2) is 6.31. The third kappa shape index (κ3) is 4.08. The lowest BCUT2D eigenvalue weighted by atomic mass is 9.81. The van der Waals surface area contributed by atoms with Crippen LogP contribution in [0.2, 0.25) is 0 Å². The summed E-state index contributed by atoms with van der Waals surface area (Å²) < 4.78 is 0. The van der Waals surface area contributed by atoms with Crippen molar-refractivity contribution in [2.24, 2.45) is 5.41 Å². The molecule has 0 heterocycles. The van der Waals surface area contributed by atoms with E-state index < -0.39 is 0 Å². The first-order valence-corrected chi connectivity index (χ1v) is 7.48. The van der Waals surface area contributed by atoms with Crippen LogP contribution in [0.4, 0.5) is 0 Å². The van der Waals surface area contributed by atoms with E-state index in [2.05, 4.69) is 57.3 Å². The lowest BCUT2D eigenvalue weighted by Crippen LogP contribution is -2.34. The zero-order valence-corrected chi connectivity index (χ0v) is 13.3. The molecule has 2 unspecified atom stereocenters. The lowest BCUT2D eigenvalue weighted by Gasteiger charge is -2.34. The highest BCUT2D eigenvalue weighted by atomic mass is 16.3. The molecule has 0 amide bonds. The minimum atomic E-state index is 0.104. The van der Waals surface area contributed by atoms with Gasteiger partial charge in [0.1, 0.15) is 5.75 Å². The fourth-order valence-corrected chi connectivity index (χ4v) is 2.63. The first-order chi connectivity index (χ1) is 9.88. The molecule has 2 heteroatoms. The highest BCUT2D eigenvalue weighted by Crippen LogP contribution is 2.35. The Bertz CT molecular complexity index is 572. The van der Waals surface area contributed by atoms with Crippen LogP contribution in [0.15, 0.2) is 54.6 Å². The second-order valence-electron chi connectivity index (χ2n) is 6.69. The normalized spacial score (nSPS) is 14.7. The maximum Gasteiger partial charge on any atom is 0.115 e. The zero-order chi connectivity index (χ0) is 15.5. The van der Waals surface area contributed by atoms with Crippen molar-refractivity contribution in [3.63, 3.8) is 0 Å². The number of aromatic hydroxyl groups is 1. The van der Waals surface area contributed by atoms with E-state index in [1.165, 1.54) is 5.56 Å². The summed E-state index contributed by atoms with van der Waals surface area (Å²) in [5.74, 6) is 0.313. The molecule has 2 N–H and O–H groups in total. The van der Waals surface area contributed by atoms with Gasteiger partial charge in [0, 0.05) is 12.1 Å². The van der Waals surface area contributed by atoms with E-state index in [-0.39, 0.29) is 17.5 Å². The number of hydrogen-bond donors (Lipinski definition) is 2. The lowest BCUT2D eigenvalue weighted by molar-refractivity contribution is 0.254. The molecule has 2 rings (SSSR count). The van der Waals surface area contributed by atoms with E-state index in [9.17, 15) is 5.11 Å². The van der Waals surface area contributed by atoms with E-state index >= 15 is 0 Å². The Morgan fingerprint density at radius 3 is 2.10 bits per heavy atom. The molecule has 0 saturated carbocycles. The quantitative estimate of drug-likeness (QED) is 0.842. The number of hydrogen-bond acceptors (Lipinski definition) is 2. The molecule has 2 aromatic carbocycles. The number of benzene rings is 2. The van der Waals surface area contributed by atoms with Gasteiger partial charge in [-0.15, -0.1) is 0 Å². The average Bonchev–Trinajstić information content (AvgIpc) is 2.44. The second-order valence-corrected chi connectivity index (χ2v) is 6.69. The molecular weight excluding hydrogens is 258 g/mol. The van der Waals surface area contributed by atoms with Crippen molar-refractivity contribution in [2.75, 3.05) is 0 Å². The van der Waals surface area contributed by atoms with Crippen molar-refractivity contribution in [2.45, 2.75) is 39.8 Å². The Kier molecular flexibility index (Phi) is 4.69. The molecule has 0 aromatic heterocycles. The zero-order valence-electron chi connectivity index (χ0n) is 13.3. The van der Waals surface area contributed by atoms with Crippen LogP contribution >= 0.6 is 0 Å². The predicted molar refractivity (Wildman–Crippen MR) is 88.3 cm³/mol. The topological polar surface area (TPSA) is 32.3 Å². The van der Waals surface area contributed by atoms with Crippen molar-refractivity contribution in [1.82, 2.24) is 5.32 Å². The van der Waals surface area contributed by atoms with Gasteiger partial charge in [0.05, 0.1) is 0 Å². The molecule has 0 aliphatic carbocycles.